The number of anilines is 1. The van der Waals surface area contributed by atoms with E-state index >= 15 is 0 Å². The van der Waals surface area contributed by atoms with E-state index in [-0.39, 0.29) is 0 Å². The monoisotopic (exact) mass is 270 g/mol. The van der Waals surface area contributed by atoms with Crippen molar-refractivity contribution in [2.45, 2.75) is 18.6 Å². The largest absolute Gasteiger partial charge is 0.478 e. The van der Waals surface area contributed by atoms with Crippen LogP contribution < -0.4 is 4.90 Å². The number of hydrogen-bond donors (Lipinski definition) is 1. The van der Waals surface area contributed by atoms with Gasteiger partial charge in [-0.05, 0) is 30.7 Å². The van der Waals surface area contributed by atoms with Crippen LogP contribution in [0.2, 0.25) is 0 Å². The van der Waals surface area contributed by atoms with E-state index in [0.717, 1.165) is 25.3 Å². The Kier molecular flexibility index (Phi) is 2.44. The number of nitrogens with zero attached hydrogens (tertiary/aromatic N) is 2. The van der Waals surface area contributed by atoms with Crippen molar-refractivity contribution in [1.29, 1.82) is 0 Å². The van der Waals surface area contributed by atoms with Gasteiger partial charge in [0, 0.05) is 23.8 Å². The number of pyridine rings is 1. The zero-order valence-corrected chi connectivity index (χ0v) is 10.8. The third-order valence-corrected chi connectivity index (χ3v) is 4.19. The molecule has 0 spiro atoms. The predicted octanol–water partition coefficient (Wildman–Crippen LogP) is 1.91. The second kappa shape index (κ2) is 4.18. The summed E-state index contributed by atoms with van der Waals surface area (Å²) in [5, 5.41) is 9.98. The fourth-order valence-electron chi connectivity index (χ4n) is 3.22. The van der Waals surface area contributed by atoms with Crippen LogP contribution in [0.15, 0.2) is 30.5 Å². The average Bonchev–Trinajstić information content (AvgIpc) is 3.08. The highest BCUT2D eigenvalue weighted by Crippen LogP contribution is 2.34. The standard InChI is InChI=1S/C15H14N2O3/c18-15(19)12-3-4-16-14-2-1-9(6-13(12)14)17-7-11-5-10(17)8-20-11/h1-4,6,10-11H,5,7-8H2,(H,18,19)/t10-,11?/m0/s1. The summed E-state index contributed by atoms with van der Waals surface area (Å²) >= 11 is 0. The summed E-state index contributed by atoms with van der Waals surface area (Å²) in [5.41, 5.74) is 2.08. The van der Waals surface area contributed by atoms with E-state index in [1.54, 1.807) is 6.07 Å². The van der Waals surface area contributed by atoms with Crippen LogP contribution in [-0.4, -0.2) is 41.4 Å². The molecule has 3 heterocycles. The van der Waals surface area contributed by atoms with E-state index in [9.17, 15) is 9.90 Å². The molecule has 0 saturated carbocycles. The molecule has 1 aromatic carbocycles. The molecule has 0 aliphatic carbocycles. The molecule has 4 rings (SSSR count). The lowest BCUT2D eigenvalue weighted by Crippen LogP contribution is -2.36. The van der Waals surface area contributed by atoms with Crippen molar-refractivity contribution >= 4 is 22.6 Å². The number of carbonyl (C=O) groups is 1. The Bertz CT molecular complexity index is 701. The van der Waals surface area contributed by atoms with Gasteiger partial charge in [-0.25, -0.2) is 4.79 Å². The number of benzene rings is 1. The molecule has 102 valence electrons. The van der Waals surface area contributed by atoms with E-state index in [2.05, 4.69) is 9.88 Å². The van der Waals surface area contributed by atoms with Crippen molar-refractivity contribution in [3.63, 3.8) is 0 Å². The molecular formula is C15H14N2O3. The van der Waals surface area contributed by atoms with Crippen LogP contribution in [0, 0.1) is 0 Å². The van der Waals surface area contributed by atoms with E-state index in [0.29, 0.717) is 28.6 Å². The number of fused-ring (bicyclic) bond motifs is 3. The van der Waals surface area contributed by atoms with Gasteiger partial charge in [-0.3, -0.25) is 4.98 Å². The fraction of sp³-hybridized carbons (Fsp3) is 0.333. The van der Waals surface area contributed by atoms with Crippen LogP contribution in [0.25, 0.3) is 10.9 Å². The molecule has 2 aromatic rings. The second-order valence-corrected chi connectivity index (χ2v) is 5.36. The molecule has 1 aromatic heterocycles. The van der Waals surface area contributed by atoms with Crippen LogP contribution in [0.1, 0.15) is 16.8 Å². The molecule has 1 N–H and O–H groups in total. The van der Waals surface area contributed by atoms with Crippen molar-refractivity contribution in [3.8, 4) is 0 Å². The molecule has 5 heteroatoms. The Morgan fingerprint density at radius 2 is 2.30 bits per heavy atom. The number of hydrogen-bond acceptors (Lipinski definition) is 4. The van der Waals surface area contributed by atoms with Crippen LogP contribution >= 0.6 is 0 Å². The van der Waals surface area contributed by atoms with Crippen LogP contribution in [-0.2, 0) is 4.74 Å². The van der Waals surface area contributed by atoms with Crippen molar-refractivity contribution in [3.05, 3.63) is 36.0 Å². The molecular weight excluding hydrogens is 256 g/mol. The molecule has 2 aliphatic heterocycles. The SMILES string of the molecule is O=C(O)c1ccnc2ccc(N3CC4C[C@H]3CO4)cc12. The van der Waals surface area contributed by atoms with Gasteiger partial charge in [0.1, 0.15) is 0 Å². The smallest absolute Gasteiger partial charge is 0.336 e. The quantitative estimate of drug-likeness (QED) is 0.903. The number of morpholine rings is 1. The molecule has 1 unspecified atom stereocenters. The number of aromatic carboxylic acids is 1. The Hall–Kier alpha value is -2.14. The summed E-state index contributed by atoms with van der Waals surface area (Å²) in [6.07, 6.45) is 2.93. The normalized spacial score (nSPS) is 24.5. The Labute approximate surface area is 115 Å². The van der Waals surface area contributed by atoms with Crippen molar-refractivity contribution in [2.24, 2.45) is 0 Å². The summed E-state index contributed by atoms with van der Waals surface area (Å²) < 4.78 is 5.60. The molecule has 2 saturated heterocycles. The van der Waals surface area contributed by atoms with Crippen LogP contribution in [0.4, 0.5) is 5.69 Å². The third kappa shape index (κ3) is 1.67. The number of rotatable bonds is 2. The van der Waals surface area contributed by atoms with Crippen LogP contribution in [0.3, 0.4) is 0 Å². The lowest BCUT2D eigenvalue weighted by atomic mass is 10.1. The number of carboxylic acid groups (broad SMARTS) is 1. The van der Waals surface area contributed by atoms with E-state index < -0.39 is 5.97 Å². The van der Waals surface area contributed by atoms with Gasteiger partial charge in [-0.1, -0.05) is 0 Å². The molecule has 0 amide bonds. The summed E-state index contributed by atoms with van der Waals surface area (Å²) in [6.45, 7) is 1.65. The van der Waals surface area contributed by atoms with E-state index in [1.165, 1.54) is 6.20 Å². The summed E-state index contributed by atoms with van der Waals surface area (Å²) in [7, 11) is 0. The Morgan fingerprint density at radius 3 is 3.00 bits per heavy atom. The number of ether oxygens (including phenoxy) is 1. The van der Waals surface area contributed by atoms with Crippen molar-refractivity contribution in [2.75, 3.05) is 18.1 Å². The molecule has 20 heavy (non-hydrogen) atoms. The lowest BCUT2D eigenvalue weighted by Gasteiger charge is -2.29. The fourth-order valence-corrected chi connectivity index (χ4v) is 3.22. The van der Waals surface area contributed by atoms with Gasteiger partial charge < -0.3 is 14.7 Å². The summed E-state index contributed by atoms with van der Waals surface area (Å²) in [5.74, 6) is -0.916. The molecule has 5 nitrogen and oxygen atoms in total. The van der Waals surface area contributed by atoms with Gasteiger partial charge in [-0.2, -0.15) is 0 Å². The van der Waals surface area contributed by atoms with Crippen molar-refractivity contribution < 1.29 is 14.6 Å². The van der Waals surface area contributed by atoms with Gasteiger partial charge in [0.05, 0.1) is 29.8 Å². The molecule has 0 radical (unpaired) electrons. The van der Waals surface area contributed by atoms with Gasteiger partial charge in [-0.15, -0.1) is 0 Å². The lowest BCUT2D eigenvalue weighted by molar-refractivity contribution is 0.0699. The highest BCUT2D eigenvalue weighted by molar-refractivity contribution is 6.03. The van der Waals surface area contributed by atoms with Crippen LogP contribution in [0.5, 0.6) is 0 Å². The highest BCUT2D eigenvalue weighted by atomic mass is 16.5. The first-order valence-corrected chi connectivity index (χ1v) is 6.72. The van der Waals surface area contributed by atoms with Gasteiger partial charge in [0.2, 0.25) is 0 Å². The highest BCUT2D eigenvalue weighted by Gasteiger charge is 2.39. The predicted molar refractivity (Wildman–Crippen MR) is 74.2 cm³/mol. The zero-order valence-electron chi connectivity index (χ0n) is 10.8. The minimum Gasteiger partial charge on any atom is -0.478 e. The molecule has 2 atom stereocenters. The number of aromatic nitrogens is 1. The second-order valence-electron chi connectivity index (χ2n) is 5.36. The first kappa shape index (κ1) is 11.7. The summed E-state index contributed by atoms with van der Waals surface area (Å²) in [6, 6.07) is 7.81. The van der Waals surface area contributed by atoms with Gasteiger partial charge in [0.25, 0.3) is 0 Å². The number of carboxylic acids is 1. The van der Waals surface area contributed by atoms with Gasteiger partial charge >= 0.3 is 5.97 Å². The minimum absolute atomic E-state index is 0.303. The van der Waals surface area contributed by atoms with E-state index in [1.807, 2.05) is 18.2 Å². The molecule has 2 fully saturated rings. The minimum atomic E-state index is -0.916. The topological polar surface area (TPSA) is 62.7 Å². The first-order valence-electron chi connectivity index (χ1n) is 6.72. The Balaban J connectivity index is 1.82. The maximum Gasteiger partial charge on any atom is 0.336 e. The first-order chi connectivity index (χ1) is 9.72. The molecule has 2 aliphatic rings. The molecule has 2 bridgehead atoms. The average molecular weight is 270 g/mol. The maximum atomic E-state index is 11.3. The van der Waals surface area contributed by atoms with Crippen molar-refractivity contribution in [1.82, 2.24) is 4.98 Å². The maximum absolute atomic E-state index is 11.3. The van der Waals surface area contributed by atoms with E-state index in [4.69, 9.17) is 4.74 Å². The zero-order chi connectivity index (χ0) is 13.7. The van der Waals surface area contributed by atoms with Gasteiger partial charge in [0.15, 0.2) is 0 Å². The Morgan fingerprint density at radius 1 is 1.40 bits per heavy atom. The summed E-state index contributed by atoms with van der Waals surface area (Å²) in [4.78, 5) is 17.9. The third-order valence-electron chi connectivity index (χ3n) is 4.19.